The molecule has 0 unspecified atom stereocenters. The van der Waals surface area contributed by atoms with Gasteiger partial charge in [-0.15, -0.1) is 0 Å². The van der Waals surface area contributed by atoms with Crippen LogP contribution in [-0.2, 0) is 19.5 Å². The lowest BCUT2D eigenvalue weighted by Crippen LogP contribution is -2.30. The van der Waals surface area contributed by atoms with Crippen molar-refractivity contribution in [2.24, 2.45) is 0 Å². The van der Waals surface area contributed by atoms with Crippen molar-refractivity contribution in [3.63, 3.8) is 0 Å². The van der Waals surface area contributed by atoms with Crippen molar-refractivity contribution in [3.05, 3.63) is 34.5 Å². The number of likely N-dealkylation sites (N-methyl/N-ethyl adjacent to an activating group) is 1. The molecule has 1 aliphatic rings. The lowest BCUT2D eigenvalue weighted by atomic mass is 10.0. The van der Waals surface area contributed by atoms with Gasteiger partial charge < -0.3 is 14.8 Å². The van der Waals surface area contributed by atoms with Crippen LogP contribution in [-0.4, -0.2) is 45.3 Å². The van der Waals surface area contributed by atoms with E-state index in [0.717, 1.165) is 42.5 Å². The quantitative estimate of drug-likeness (QED) is 0.907. The molecule has 2 heterocycles. The molecule has 2 N–H and O–H groups in total. The van der Waals surface area contributed by atoms with Gasteiger partial charge in [0.15, 0.2) is 0 Å². The van der Waals surface area contributed by atoms with Crippen molar-refractivity contribution in [1.82, 2.24) is 9.47 Å². The molecule has 0 atom stereocenters. The Bertz CT molecular complexity index is 733. The minimum Gasteiger partial charge on any atom is -0.478 e. The summed E-state index contributed by atoms with van der Waals surface area (Å²) in [5.41, 5.74) is 4.30. The van der Waals surface area contributed by atoms with E-state index in [1.807, 2.05) is 23.6 Å². The zero-order chi connectivity index (χ0) is 15.9. The van der Waals surface area contributed by atoms with E-state index in [2.05, 4.69) is 11.8 Å². The average molecular weight is 302 g/mol. The number of fused-ring (bicyclic) bond motifs is 3. The van der Waals surface area contributed by atoms with Gasteiger partial charge in [0, 0.05) is 37.1 Å². The largest absolute Gasteiger partial charge is 0.478 e. The van der Waals surface area contributed by atoms with E-state index >= 15 is 0 Å². The molecular weight excluding hydrogens is 280 g/mol. The van der Waals surface area contributed by atoms with Crippen molar-refractivity contribution in [3.8, 4) is 0 Å². The number of aromatic carboxylic acids is 1. The Hall–Kier alpha value is -1.85. The number of aliphatic hydroxyl groups is 1. The number of carbonyl (C=O) groups is 1. The van der Waals surface area contributed by atoms with Crippen LogP contribution in [0.5, 0.6) is 0 Å². The van der Waals surface area contributed by atoms with Crippen molar-refractivity contribution in [1.29, 1.82) is 0 Å². The number of hydrogen-bond acceptors (Lipinski definition) is 3. The first-order valence-corrected chi connectivity index (χ1v) is 7.78. The number of hydrogen-bond donors (Lipinski definition) is 2. The number of aliphatic hydroxyl groups excluding tert-OH is 1. The first kappa shape index (κ1) is 15.1. The zero-order valence-electron chi connectivity index (χ0n) is 13.1. The number of carboxylic acids is 1. The second-order valence-electron chi connectivity index (χ2n) is 5.88. The van der Waals surface area contributed by atoms with Gasteiger partial charge in [-0.1, -0.05) is 19.1 Å². The maximum Gasteiger partial charge on any atom is 0.338 e. The molecule has 0 fully saturated rings. The summed E-state index contributed by atoms with van der Waals surface area (Å²) in [4.78, 5) is 14.1. The number of aromatic nitrogens is 1. The van der Waals surface area contributed by atoms with Gasteiger partial charge in [0.2, 0.25) is 0 Å². The third kappa shape index (κ3) is 2.21. The Kier molecular flexibility index (Phi) is 3.93. The number of rotatable bonds is 4. The molecular formula is C17H22N2O3. The predicted octanol–water partition coefficient (Wildman–Crippen LogP) is 2.02. The lowest BCUT2D eigenvalue weighted by Gasteiger charge is -2.26. The highest BCUT2D eigenvalue weighted by molar-refractivity contribution is 6.05. The molecule has 22 heavy (non-hydrogen) atoms. The SMILES string of the molecule is CCN1CCc2c(c3ccc(C)c(C(=O)O)c3n2CCO)C1. The molecule has 1 aromatic carbocycles. The molecule has 0 bridgehead atoms. The van der Waals surface area contributed by atoms with Crippen LogP contribution in [0.15, 0.2) is 12.1 Å². The van der Waals surface area contributed by atoms with Crippen LogP contribution >= 0.6 is 0 Å². The topological polar surface area (TPSA) is 65.7 Å². The summed E-state index contributed by atoms with van der Waals surface area (Å²) in [7, 11) is 0. The average Bonchev–Trinajstić information content (AvgIpc) is 2.80. The first-order chi connectivity index (χ1) is 10.6. The molecule has 118 valence electrons. The van der Waals surface area contributed by atoms with E-state index in [9.17, 15) is 15.0 Å². The van der Waals surface area contributed by atoms with Crippen LogP contribution < -0.4 is 0 Å². The minimum absolute atomic E-state index is 0.0146. The highest BCUT2D eigenvalue weighted by atomic mass is 16.4. The number of benzene rings is 1. The molecule has 2 aromatic rings. The molecule has 0 amide bonds. The monoisotopic (exact) mass is 302 g/mol. The molecule has 5 heteroatoms. The van der Waals surface area contributed by atoms with E-state index in [1.54, 1.807) is 0 Å². The molecule has 0 saturated carbocycles. The fourth-order valence-corrected chi connectivity index (χ4v) is 3.58. The first-order valence-electron chi connectivity index (χ1n) is 7.78. The summed E-state index contributed by atoms with van der Waals surface area (Å²) >= 11 is 0. The van der Waals surface area contributed by atoms with E-state index in [0.29, 0.717) is 12.1 Å². The summed E-state index contributed by atoms with van der Waals surface area (Å²) in [5.74, 6) is -0.899. The van der Waals surface area contributed by atoms with Gasteiger partial charge >= 0.3 is 5.97 Å². The third-order valence-electron chi connectivity index (χ3n) is 4.69. The maximum atomic E-state index is 11.7. The fraction of sp³-hybridized carbons (Fsp3) is 0.471. The molecule has 1 aliphatic heterocycles. The van der Waals surface area contributed by atoms with Gasteiger partial charge in [-0.25, -0.2) is 4.79 Å². The normalized spacial score (nSPS) is 15.2. The van der Waals surface area contributed by atoms with Crippen LogP contribution in [0.25, 0.3) is 10.9 Å². The maximum absolute atomic E-state index is 11.7. The zero-order valence-corrected chi connectivity index (χ0v) is 13.1. The second-order valence-corrected chi connectivity index (χ2v) is 5.88. The summed E-state index contributed by atoms with van der Waals surface area (Å²) in [6, 6.07) is 3.92. The van der Waals surface area contributed by atoms with E-state index in [-0.39, 0.29) is 6.61 Å². The molecule has 3 rings (SSSR count). The van der Waals surface area contributed by atoms with Crippen LogP contribution in [0.1, 0.15) is 34.1 Å². The smallest absolute Gasteiger partial charge is 0.338 e. The van der Waals surface area contributed by atoms with Gasteiger partial charge in [0.05, 0.1) is 17.7 Å². The molecule has 0 spiro atoms. The van der Waals surface area contributed by atoms with E-state index in [1.165, 1.54) is 11.3 Å². The van der Waals surface area contributed by atoms with Gasteiger partial charge in [0.1, 0.15) is 0 Å². The van der Waals surface area contributed by atoms with Crippen LogP contribution in [0.2, 0.25) is 0 Å². The molecule has 5 nitrogen and oxygen atoms in total. The van der Waals surface area contributed by atoms with Crippen molar-refractivity contribution >= 4 is 16.9 Å². The highest BCUT2D eigenvalue weighted by Gasteiger charge is 2.26. The second kappa shape index (κ2) is 5.74. The Morgan fingerprint density at radius 3 is 2.77 bits per heavy atom. The minimum atomic E-state index is -0.899. The molecule has 0 aliphatic carbocycles. The summed E-state index contributed by atoms with van der Waals surface area (Å²) < 4.78 is 2.02. The van der Waals surface area contributed by atoms with Crippen molar-refractivity contribution in [2.45, 2.75) is 33.4 Å². The molecule has 0 radical (unpaired) electrons. The van der Waals surface area contributed by atoms with E-state index < -0.39 is 5.97 Å². The van der Waals surface area contributed by atoms with Crippen LogP contribution in [0.3, 0.4) is 0 Å². The Morgan fingerprint density at radius 2 is 2.14 bits per heavy atom. The third-order valence-corrected chi connectivity index (χ3v) is 4.69. The number of aryl methyl sites for hydroxylation is 1. The molecule has 0 saturated heterocycles. The van der Waals surface area contributed by atoms with Crippen molar-refractivity contribution < 1.29 is 15.0 Å². The molecule has 1 aromatic heterocycles. The van der Waals surface area contributed by atoms with Gasteiger partial charge in [0.25, 0.3) is 0 Å². The van der Waals surface area contributed by atoms with Crippen LogP contribution in [0.4, 0.5) is 0 Å². The lowest BCUT2D eigenvalue weighted by molar-refractivity contribution is 0.0697. The highest BCUT2D eigenvalue weighted by Crippen LogP contribution is 2.34. The van der Waals surface area contributed by atoms with Crippen LogP contribution in [0, 0.1) is 6.92 Å². The van der Waals surface area contributed by atoms with Gasteiger partial charge in [-0.05, 0) is 24.6 Å². The Labute approximate surface area is 129 Å². The number of carboxylic acid groups (broad SMARTS) is 1. The standard InChI is InChI=1S/C17H22N2O3/c1-3-18-7-6-14-13(10-18)12-5-4-11(2)15(17(21)22)16(12)19(14)8-9-20/h4-5,20H,3,6-10H2,1-2H3,(H,21,22). The number of nitrogens with zero attached hydrogens (tertiary/aromatic N) is 2. The van der Waals surface area contributed by atoms with E-state index in [4.69, 9.17) is 0 Å². The Balaban J connectivity index is 2.33. The summed E-state index contributed by atoms with van der Waals surface area (Å²) in [5, 5.41) is 20.1. The predicted molar refractivity (Wildman–Crippen MR) is 85.4 cm³/mol. The van der Waals surface area contributed by atoms with Crippen molar-refractivity contribution in [2.75, 3.05) is 19.7 Å². The summed E-state index contributed by atoms with van der Waals surface area (Å²) in [6.07, 6.45) is 0.899. The van der Waals surface area contributed by atoms with Gasteiger partial charge in [-0.2, -0.15) is 0 Å². The Morgan fingerprint density at radius 1 is 1.36 bits per heavy atom. The fourth-order valence-electron chi connectivity index (χ4n) is 3.58. The summed E-state index contributed by atoms with van der Waals surface area (Å²) in [6.45, 7) is 7.25. The van der Waals surface area contributed by atoms with Gasteiger partial charge in [-0.3, -0.25) is 4.90 Å².